The van der Waals surface area contributed by atoms with Gasteiger partial charge in [0.1, 0.15) is 22.8 Å². The number of carbonyl (C=O) groups excluding carboxylic acids is 1. The minimum absolute atomic E-state index is 0.118. The van der Waals surface area contributed by atoms with Gasteiger partial charge >= 0.3 is 0 Å². The number of furan rings is 1. The van der Waals surface area contributed by atoms with Gasteiger partial charge in [0.25, 0.3) is 5.91 Å². The Labute approximate surface area is 183 Å². The number of pyridine rings is 1. The average Bonchev–Trinajstić information content (AvgIpc) is 3.38. The first-order valence-corrected chi connectivity index (χ1v) is 11.2. The number of aryl methyl sites for hydroxylation is 1. The Balaban J connectivity index is 1.31. The molecule has 1 saturated heterocycles. The van der Waals surface area contributed by atoms with Crippen LogP contribution in [0.15, 0.2) is 46.3 Å². The van der Waals surface area contributed by atoms with E-state index in [0.29, 0.717) is 29.2 Å². The number of thiophene rings is 1. The minimum atomic E-state index is -0.118. The third kappa shape index (κ3) is 4.14. The zero-order valence-electron chi connectivity index (χ0n) is 17.2. The quantitative estimate of drug-likeness (QED) is 0.487. The maximum atomic E-state index is 12.8. The van der Waals surface area contributed by atoms with Gasteiger partial charge in [0.2, 0.25) is 0 Å². The van der Waals surface area contributed by atoms with Gasteiger partial charge in [-0.2, -0.15) is 0 Å². The molecule has 7 nitrogen and oxygen atoms in total. The highest BCUT2D eigenvalue weighted by atomic mass is 32.1. The van der Waals surface area contributed by atoms with Crippen molar-refractivity contribution in [1.82, 2.24) is 15.2 Å². The molecule has 31 heavy (non-hydrogen) atoms. The van der Waals surface area contributed by atoms with Crippen molar-refractivity contribution in [3.8, 4) is 11.5 Å². The topological polar surface area (TPSA) is 76.8 Å². The Morgan fingerprint density at radius 2 is 2.13 bits per heavy atom. The van der Waals surface area contributed by atoms with E-state index in [1.807, 2.05) is 42.6 Å². The van der Waals surface area contributed by atoms with Gasteiger partial charge in [-0.25, -0.2) is 0 Å². The van der Waals surface area contributed by atoms with E-state index in [2.05, 4.69) is 15.2 Å². The number of fused-ring (bicyclic) bond motifs is 2. The van der Waals surface area contributed by atoms with E-state index >= 15 is 0 Å². The van der Waals surface area contributed by atoms with Crippen LogP contribution in [0.4, 0.5) is 0 Å². The summed E-state index contributed by atoms with van der Waals surface area (Å²) in [5.74, 6) is 1.89. The van der Waals surface area contributed by atoms with E-state index in [4.69, 9.17) is 13.9 Å². The summed E-state index contributed by atoms with van der Waals surface area (Å²) in [6.07, 6.45) is 1.74. The van der Waals surface area contributed by atoms with Crippen molar-refractivity contribution in [2.45, 2.75) is 6.92 Å². The molecule has 4 heterocycles. The summed E-state index contributed by atoms with van der Waals surface area (Å²) in [6.45, 7) is 6.53. The lowest BCUT2D eigenvalue weighted by Crippen LogP contribution is -2.41. The highest BCUT2D eigenvalue weighted by molar-refractivity contribution is 7.17. The normalized spacial score (nSPS) is 14.9. The predicted octanol–water partition coefficient (Wildman–Crippen LogP) is 4.21. The molecule has 160 valence electrons. The molecule has 3 aromatic heterocycles. The maximum absolute atomic E-state index is 12.8. The first kappa shape index (κ1) is 20.0. The maximum Gasteiger partial charge on any atom is 0.255 e. The van der Waals surface area contributed by atoms with Crippen molar-refractivity contribution in [3.05, 3.63) is 53.2 Å². The van der Waals surface area contributed by atoms with Gasteiger partial charge < -0.3 is 19.2 Å². The number of ether oxygens (including phenoxy) is 2. The molecule has 0 atom stereocenters. The van der Waals surface area contributed by atoms with Gasteiger partial charge in [-0.05, 0) is 30.5 Å². The van der Waals surface area contributed by atoms with Crippen molar-refractivity contribution in [3.63, 3.8) is 0 Å². The Morgan fingerprint density at radius 3 is 3.00 bits per heavy atom. The predicted molar refractivity (Wildman–Crippen MR) is 120 cm³/mol. The first-order valence-electron chi connectivity index (χ1n) is 10.3. The fraction of sp³-hybridized carbons (Fsp3) is 0.304. The SMILES string of the molecule is Cc1oc2cc(Oc3ccnc4ccsc34)ccc2c1C(=O)NCCN1CCOCC1. The Bertz CT molecular complexity index is 1230. The summed E-state index contributed by atoms with van der Waals surface area (Å²) in [4.78, 5) is 19.5. The number of hydrogen-bond acceptors (Lipinski definition) is 7. The van der Waals surface area contributed by atoms with Gasteiger partial charge in [-0.1, -0.05) is 0 Å². The van der Waals surface area contributed by atoms with Crippen LogP contribution >= 0.6 is 11.3 Å². The lowest BCUT2D eigenvalue weighted by Gasteiger charge is -2.26. The lowest BCUT2D eigenvalue weighted by molar-refractivity contribution is 0.0383. The zero-order chi connectivity index (χ0) is 21.2. The number of amides is 1. The molecule has 8 heteroatoms. The van der Waals surface area contributed by atoms with Gasteiger partial charge in [0, 0.05) is 49.9 Å². The summed E-state index contributed by atoms with van der Waals surface area (Å²) in [7, 11) is 0. The second-order valence-corrected chi connectivity index (χ2v) is 8.36. The van der Waals surface area contributed by atoms with Crippen LogP contribution < -0.4 is 10.1 Å². The van der Waals surface area contributed by atoms with Crippen LogP contribution in [0.3, 0.4) is 0 Å². The molecule has 0 saturated carbocycles. The fourth-order valence-electron chi connectivity index (χ4n) is 3.84. The summed E-state index contributed by atoms with van der Waals surface area (Å²) < 4.78 is 18.3. The van der Waals surface area contributed by atoms with Crippen molar-refractivity contribution in [1.29, 1.82) is 0 Å². The second-order valence-electron chi connectivity index (χ2n) is 7.45. The van der Waals surface area contributed by atoms with E-state index in [-0.39, 0.29) is 5.91 Å². The van der Waals surface area contributed by atoms with Crippen LogP contribution in [-0.2, 0) is 4.74 Å². The van der Waals surface area contributed by atoms with Crippen LogP contribution in [0.25, 0.3) is 21.2 Å². The van der Waals surface area contributed by atoms with E-state index in [9.17, 15) is 4.79 Å². The van der Waals surface area contributed by atoms with Crippen molar-refractivity contribution in [2.75, 3.05) is 39.4 Å². The van der Waals surface area contributed by atoms with E-state index in [0.717, 1.165) is 54.2 Å². The van der Waals surface area contributed by atoms with Crippen molar-refractivity contribution in [2.24, 2.45) is 0 Å². The fourth-order valence-corrected chi connectivity index (χ4v) is 4.64. The van der Waals surface area contributed by atoms with Gasteiger partial charge in [0.15, 0.2) is 0 Å². The molecule has 1 amide bonds. The summed E-state index contributed by atoms with van der Waals surface area (Å²) in [6, 6.07) is 9.39. The Hall–Kier alpha value is -2.94. The van der Waals surface area contributed by atoms with E-state index in [1.165, 1.54) is 0 Å². The molecular formula is C23H23N3O4S. The van der Waals surface area contributed by atoms with Crippen molar-refractivity contribution < 1.29 is 18.7 Å². The molecule has 0 unspecified atom stereocenters. The zero-order valence-corrected chi connectivity index (χ0v) is 18.0. The number of nitrogens with zero attached hydrogens (tertiary/aromatic N) is 2. The first-order chi connectivity index (χ1) is 15.2. The molecule has 1 fully saturated rings. The molecule has 1 aliphatic heterocycles. The van der Waals surface area contributed by atoms with Crippen LogP contribution in [0, 0.1) is 6.92 Å². The van der Waals surface area contributed by atoms with E-state index < -0.39 is 0 Å². The Morgan fingerprint density at radius 1 is 1.26 bits per heavy atom. The van der Waals surface area contributed by atoms with Gasteiger partial charge in [-0.3, -0.25) is 14.7 Å². The van der Waals surface area contributed by atoms with Gasteiger partial charge in [-0.15, -0.1) is 11.3 Å². The standard InChI is InChI=1S/C23H23N3O4S/c1-15-21(23(27)25-7-8-26-9-11-28-12-10-26)17-3-2-16(14-20(17)29-15)30-19-4-6-24-18-5-13-31-22(18)19/h2-6,13-14H,7-12H2,1H3,(H,25,27). The van der Waals surface area contributed by atoms with Crippen molar-refractivity contribution >= 4 is 38.4 Å². The number of aromatic nitrogens is 1. The molecular weight excluding hydrogens is 414 g/mol. The van der Waals surface area contributed by atoms with E-state index in [1.54, 1.807) is 17.5 Å². The molecule has 1 aromatic carbocycles. The number of nitrogens with one attached hydrogen (secondary N) is 1. The number of carbonyl (C=O) groups is 1. The number of morpholine rings is 1. The van der Waals surface area contributed by atoms with Gasteiger partial charge in [0.05, 0.1) is 29.0 Å². The smallest absolute Gasteiger partial charge is 0.255 e. The molecule has 5 rings (SSSR count). The largest absolute Gasteiger partial charge is 0.460 e. The van der Waals surface area contributed by atoms with Crippen LogP contribution in [0.5, 0.6) is 11.5 Å². The Kier molecular flexibility index (Phi) is 5.59. The molecule has 0 aliphatic carbocycles. The highest BCUT2D eigenvalue weighted by Gasteiger charge is 2.19. The third-order valence-corrected chi connectivity index (χ3v) is 6.34. The average molecular weight is 438 g/mol. The minimum Gasteiger partial charge on any atom is -0.460 e. The molecule has 0 radical (unpaired) electrons. The number of rotatable bonds is 6. The lowest BCUT2D eigenvalue weighted by atomic mass is 10.1. The summed E-state index contributed by atoms with van der Waals surface area (Å²) >= 11 is 1.59. The third-order valence-electron chi connectivity index (χ3n) is 5.42. The molecule has 4 aromatic rings. The monoisotopic (exact) mass is 437 g/mol. The summed E-state index contributed by atoms with van der Waals surface area (Å²) in [5.41, 5.74) is 2.12. The summed E-state index contributed by atoms with van der Waals surface area (Å²) in [5, 5.41) is 5.79. The van der Waals surface area contributed by atoms with Crippen LogP contribution in [-0.4, -0.2) is 55.2 Å². The second kappa shape index (κ2) is 8.66. The number of benzene rings is 1. The highest BCUT2D eigenvalue weighted by Crippen LogP contribution is 2.35. The molecule has 1 aliphatic rings. The van der Waals surface area contributed by atoms with Crippen LogP contribution in [0.1, 0.15) is 16.1 Å². The molecule has 1 N–H and O–H groups in total. The van der Waals surface area contributed by atoms with Crippen LogP contribution in [0.2, 0.25) is 0 Å². The molecule has 0 spiro atoms. The number of hydrogen-bond donors (Lipinski definition) is 1. The molecule has 0 bridgehead atoms.